The Morgan fingerprint density at radius 1 is 1.00 bits per heavy atom. The van der Waals surface area contributed by atoms with Crippen molar-refractivity contribution in [3.05, 3.63) is 57.4 Å². The molecule has 0 amide bonds. The number of aliphatic hydroxyl groups is 2. The van der Waals surface area contributed by atoms with Crippen LogP contribution in [0.2, 0.25) is 5.02 Å². The monoisotopic (exact) mass is 395 g/mol. The van der Waals surface area contributed by atoms with E-state index in [4.69, 9.17) is 21.1 Å². The van der Waals surface area contributed by atoms with E-state index in [-0.39, 0.29) is 35.8 Å². The molecule has 0 radical (unpaired) electrons. The molecule has 0 unspecified atom stereocenters. The maximum Gasteiger partial charge on any atom is 0.336 e. The average molecular weight is 396 g/mol. The molecule has 0 saturated heterocycles. The van der Waals surface area contributed by atoms with Gasteiger partial charge in [0.05, 0.1) is 54.9 Å². The van der Waals surface area contributed by atoms with Crippen LogP contribution in [0, 0.1) is 0 Å². The fraction of sp³-hybridized carbons (Fsp3) is 0.368. The first kappa shape index (κ1) is 21.0. The summed E-state index contributed by atoms with van der Waals surface area (Å²) in [5.74, 6) is -2.35. The molecule has 1 aliphatic rings. The van der Waals surface area contributed by atoms with Gasteiger partial charge in [0, 0.05) is 5.02 Å². The Hall–Kier alpha value is -2.35. The molecule has 0 atom stereocenters. The van der Waals surface area contributed by atoms with Crippen LogP contribution in [0.3, 0.4) is 0 Å². The Kier molecular flexibility index (Phi) is 7.41. The summed E-state index contributed by atoms with van der Waals surface area (Å²) >= 11 is 6.34. The molecule has 3 N–H and O–H groups in total. The van der Waals surface area contributed by atoms with Crippen LogP contribution in [-0.2, 0) is 19.1 Å². The number of carbonyl (C=O) groups excluding carboxylic acids is 2. The van der Waals surface area contributed by atoms with Gasteiger partial charge in [-0.25, -0.2) is 9.59 Å². The van der Waals surface area contributed by atoms with E-state index in [0.717, 1.165) is 0 Å². The van der Waals surface area contributed by atoms with E-state index in [1.165, 1.54) is 0 Å². The first-order valence-electron chi connectivity index (χ1n) is 8.53. The van der Waals surface area contributed by atoms with Gasteiger partial charge in [0.2, 0.25) is 0 Å². The lowest BCUT2D eigenvalue weighted by Gasteiger charge is -2.31. The summed E-state index contributed by atoms with van der Waals surface area (Å²) in [4.78, 5) is 25.3. The number of aliphatic hydroxyl groups excluding tert-OH is 2. The number of nitrogens with one attached hydrogen (secondary N) is 1. The highest BCUT2D eigenvalue weighted by atomic mass is 35.5. The molecule has 146 valence electrons. The third-order valence-electron chi connectivity index (χ3n) is 4.05. The molecule has 1 heterocycles. The molecule has 1 aliphatic heterocycles. The second kappa shape index (κ2) is 9.55. The first-order valence-corrected chi connectivity index (χ1v) is 8.91. The number of rotatable bonds is 7. The Balaban J connectivity index is 2.76. The fourth-order valence-electron chi connectivity index (χ4n) is 2.98. The third-order valence-corrected chi connectivity index (χ3v) is 4.40. The lowest BCUT2D eigenvalue weighted by molar-refractivity contribution is -0.139. The van der Waals surface area contributed by atoms with E-state index < -0.39 is 31.1 Å². The molecule has 0 spiro atoms. The van der Waals surface area contributed by atoms with Crippen molar-refractivity contribution in [1.29, 1.82) is 0 Å². The molecule has 8 heteroatoms. The SMILES string of the molecule is CCOC(=O)C1=C(CO)NC(CO)=C(C(=O)OCC)C1c1ccccc1Cl. The van der Waals surface area contributed by atoms with Crippen LogP contribution in [0.5, 0.6) is 0 Å². The number of dihydropyridines is 1. The molecule has 2 rings (SSSR count). The minimum Gasteiger partial charge on any atom is -0.463 e. The molecular formula is C19H22ClNO6. The number of halogens is 1. The fourth-order valence-corrected chi connectivity index (χ4v) is 3.22. The number of ether oxygens (including phenoxy) is 2. The van der Waals surface area contributed by atoms with Gasteiger partial charge in [0.15, 0.2) is 0 Å². The quantitative estimate of drug-likeness (QED) is 0.603. The highest BCUT2D eigenvalue weighted by molar-refractivity contribution is 6.31. The third kappa shape index (κ3) is 4.32. The minimum atomic E-state index is -0.956. The van der Waals surface area contributed by atoms with E-state index in [1.807, 2.05) is 0 Å². The van der Waals surface area contributed by atoms with Crippen molar-refractivity contribution in [1.82, 2.24) is 5.32 Å². The molecule has 0 aliphatic carbocycles. The number of hydrogen-bond donors (Lipinski definition) is 3. The number of carbonyl (C=O) groups is 2. The summed E-state index contributed by atoms with van der Waals surface area (Å²) in [5.41, 5.74) is 0.829. The molecule has 1 aromatic carbocycles. The number of esters is 2. The van der Waals surface area contributed by atoms with Gasteiger partial charge in [-0.05, 0) is 25.5 Å². The molecule has 0 saturated carbocycles. The summed E-state index contributed by atoms with van der Waals surface area (Å²) in [5, 5.41) is 22.6. The Labute approximate surface area is 162 Å². The van der Waals surface area contributed by atoms with Crippen molar-refractivity contribution >= 4 is 23.5 Å². The zero-order chi connectivity index (χ0) is 20.0. The topological polar surface area (TPSA) is 105 Å². The van der Waals surface area contributed by atoms with Crippen LogP contribution in [0.25, 0.3) is 0 Å². The Morgan fingerprint density at radius 2 is 1.48 bits per heavy atom. The Morgan fingerprint density at radius 3 is 1.89 bits per heavy atom. The van der Waals surface area contributed by atoms with Crippen LogP contribution in [0.15, 0.2) is 46.8 Å². The largest absolute Gasteiger partial charge is 0.463 e. The van der Waals surface area contributed by atoms with Gasteiger partial charge in [-0.3, -0.25) is 0 Å². The lowest BCUT2D eigenvalue weighted by atomic mass is 9.80. The minimum absolute atomic E-state index is 0.0488. The van der Waals surface area contributed by atoms with Gasteiger partial charge < -0.3 is 25.0 Å². The molecular weight excluding hydrogens is 374 g/mol. The molecule has 7 nitrogen and oxygen atoms in total. The molecule has 0 fully saturated rings. The van der Waals surface area contributed by atoms with Crippen molar-refractivity contribution in [3.8, 4) is 0 Å². The van der Waals surface area contributed by atoms with Gasteiger partial charge in [-0.15, -0.1) is 0 Å². The van der Waals surface area contributed by atoms with Crippen LogP contribution in [0.1, 0.15) is 25.3 Å². The van der Waals surface area contributed by atoms with Crippen molar-refractivity contribution in [2.24, 2.45) is 0 Å². The maximum atomic E-state index is 12.7. The van der Waals surface area contributed by atoms with Crippen molar-refractivity contribution in [2.75, 3.05) is 26.4 Å². The van der Waals surface area contributed by atoms with Crippen molar-refractivity contribution < 1.29 is 29.3 Å². The van der Waals surface area contributed by atoms with E-state index in [2.05, 4.69) is 5.32 Å². The summed E-state index contributed by atoms with van der Waals surface area (Å²) in [6.07, 6.45) is 0. The standard InChI is InChI=1S/C19H22ClNO6/c1-3-26-18(24)16-13(9-22)21-14(10-23)17(19(25)27-4-2)15(16)11-7-5-6-8-12(11)20/h5-8,15,21-23H,3-4,9-10H2,1-2H3. The summed E-state index contributed by atoms with van der Waals surface area (Å²) in [6.45, 7) is 2.49. The molecule has 1 aromatic rings. The molecule has 0 bridgehead atoms. The predicted molar refractivity (Wildman–Crippen MR) is 98.8 cm³/mol. The van der Waals surface area contributed by atoms with Crippen molar-refractivity contribution in [2.45, 2.75) is 19.8 Å². The smallest absolute Gasteiger partial charge is 0.336 e. The summed E-state index contributed by atoms with van der Waals surface area (Å²) in [6, 6.07) is 6.73. The Bertz CT molecular complexity index is 744. The normalized spacial score (nSPS) is 14.9. The van der Waals surface area contributed by atoms with Crippen LogP contribution in [-0.4, -0.2) is 48.6 Å². The second-order valence-electron chi connectivity index (χ2n) is 5.62. The highest BCUT2D eigenvalue weighted by Crippen LogP contribution is 2.41. The zero-order valence-corrected chi connectivity index (χ0v) is 15.9. The maximum absolute atomic E-state index is 12.7. The van der Waals surface area contributed by atoms with Gasteiger partial charge >= 0.3 is 11.9 Å². The summed E-state index contributed by atoms with van der Waals surface area (Å²) < 4.78 is 10.3. The van der Waals surface area contributed by atoms with Crippen LogP contribution in [0.4, 0.5) is 0 Å². The first-order chi connectivity index (χ1) is 13.0. The van der Waals surface area contributed by atoms with Crippen LogP contribution < -0.4 is 5.32 Å². The second-order valence-corrected chi connectivity index (χ2v) is 6.03. The van der Waals surface area contributed by atoms with E-state index in [0.29, 0.717) is 10.6 Å². The average Bonchev–Trinajstić information content (AvgIpc) is 2.67. The van der Waals surface area contributed by atoms with Gasteiger partial charge in [0.25, 0.3) is 0 Å². The number of hydrogen-bond acceptors (Lipinski definition) is 7. The van der Waals surface area contributed by atoms with E-state index in [9.17, 15) is 19.8 Å². The highest BCUT2D eigenvalue weighted by Gasteiger charge is 2.40. The molecule has 0 aromatic heterocycles. The zero-order valence-electron chi connectivity index (χ0n) is 15.1. The number of benzene rings is 1. The van der Waals surface area contributed by atoms with E-state index in [1.54, 1.807) is 38.1 Å². The van der Waals surface area contributed by atoms with Gasteiger partial charge in [-0.1, -0.05) is 29.8 Å². The van der Waals surface area contributed by atoms with Crippen molar-refractivity contribution in [3.63, 3.8) is 0 Å². The van der Waals surface area contributed by atoms with E-state index >= 15 is 0 Å². The van der Waals surface area contributed by atoms with Gasteiger partial charge in [0.1, 0.15) is 0 Å². The summed E-state index contributed by atoms with van der Waals surface area (Å²) in [7, 11) is 0. The molecule has 27 heavy (non-hydrogen) atoms. The predicted octanol–water partition coefficient (Wildman–Crippen LogP) is 1.65. The van der Waals surface area contributed by atoms with Crippen LogP contribution >= 0.6 is 11.6 Å². The van der Waals surface area contributed by atoms with Gasteiger partial charge in [-0.2, -0.15) is 0 Å². The lowest BCUT2D eigenvalue weighted by Crippen LogP contribution is -2.36.